The third kappa shape index (κ3) is 6.95. The second kappa shape index (κ2) is 10.7. The fourth-order valence-corrected chi connectivity index (χ4v) is 3.55. The summed E-state index contributed by atoms with van der Waals surface area (Å²) in [7, 11) is 0. The van der Waals surface area contributed by atoms with Gasteiger partial charge in [-0.3, -0.25) is 0 Å². The van der Waals surface area contributed by atoms with Crippen molar-refractivity contribution in [2.24, 2.45) is 5.92 Å². The Labute approximate surface area is 173 Å². The molecule has 0 aromatic heterocycles. The van der Waals surface area contributed by atoms with E-state index in [-0.39, 0.29) is 6.10 Å². The first kappa shape index (κ1) is 20.9. The molecule has 0 radical (unpaired) electrons. The van der Waals surface area contributed by atoms with Gasteiger partial charge in [-0.1, -0.05) is 49.4 Å². The van der Waals surface area contributed by atoms with Crippen molar-refractivity contribution in [1.82, 2.24) is 0 Å². The molecule has 0 bridgehead atoms. The van der Waals surface area contributed by atoms with E-state index in [0.29, 0.717) is 18.9 Å². The normalized spacial score (nSPS) is 12.9. The molecule has 0 heterocycles. The van der Waals surface area contributed by atoms with E-state index >= 15 is 0 Å². The lowest BCUT2D eigenvalue weighted by Crippen LogP contribution is -2.16. The SMILES string of the molecule is CCOc1ccc(CC(C)CC(O)Cc2cccc(Oc3ccccc3)c2)cc1. The zero-order valence-electron chi connectivity index (χ0n) is 17.3. The van der Waals surface area contributed by atoms with Crippen LogP contribution in [-0.4, -0.2) is 17.8 Å². The van der Waals surface area contributed by atoms with E-state index in [1.54, 1.807) is 0 Å². The fourth-order valence-electron chi connectivity index (χ4n) is 3.55. The summed E-state index contributed by atoms with van der Waals surface area (Å²) >= 11 is 0. The molecule has 0 saturated carbocycles. The van der Waals surface area contributed by atoms with Crippen molar-refractivity contribution in [2.45, 2.75) is 39.2 Å². The van der Waals surface area contributed by atoms with E-state index in [2.05, 4.69) is 19.1 Å². The Morgan fingerprint density at radius 2 is 1.48 bits per heavy atom. The number of aliphatic hydroxyl groups excluding tert-OH is 1. The van der Waals surface area contributed by atoms with Gasteiger partial charge < -0.3 is 14.6 Å². The van der Waals surface area contributed by atoms with E-state index < -0.39 is 0 Å². The molecule has 2 atom stereocenters. The lowest BCUT2D eigenvalue weighted by atomic mass is 9.93. The average molecular weight is 391 g/mol. The number of para-hydroxylation sites is 1. The number of rotatable bonds is 10. The Hall–Kier alpha value is -2.78. The average Bonchev–Trinajstić information content (AvgIpc) is 2.70. The van der Waals surface area contributed by atoms with Crippen LogP contribution in [0.15, 0.2) is 78.9 Å². The third-order valence-corrected chi connectivity index (χ3v) is 4.84. The second-order valence-electron chi connectivity index (χ2n) is 7.54. The van der Waals surface area contributed by atoms with Crippen LogP contribution < -0.4 is 9.47 Å². The van der Waals surface area contributed by atoms with Gasteiger partial charge in [0.1, 0.15) is 17.2 Å². The van der Waals surface area contributed by atoms with Crippen LogP contribution in [0.1, 0.15) is 31.4 Å². The first-order chi connectivity index (χ1) is 14.1. The highest BCUT2D eigenvalue weighted by Gasteiger charge is 2.13. The van der Waals surface area contributed by atoms with E-state index in [1.165, 1.54) is 5.56 Å². The van der Waals surface area contributed by atoms with Gasteiger partial charge in [0, 0.05) is 0 Å². The highest BCUT2D eigenvalue weighted by atomic mass is 16.5. The molecule has 29 heavy (non-hydrogen) atoms. The minimum absolute atomic E-state index is 0.375. The van der Waals surface area contributed by atoms with Gasteiger partial charge in [0.2, 0.25) is 0 Å². The molecule has 152 valence electrons. The van der Waals surface area contributed by atoms with Crippen molar-refractivity contribution in [1.29, 1.82) is 0 Å². The molecule has 3 rings (SSSR count). The topological polar surface area (TPSA) is 38.7 Å². The minimum Gasteiger partial charge on any atom is -0.494 e. The maximum Gasteiger partial charge on any atom is 0.127 e. The zero-order valence-corrected chi connectivity index (χ0v) is 17.3. The van der Waals surface area contributed by atoms with Gasteiger partial charge in [0.15, 0.2) is 0 Å². The summed E-state index contributed by atoms with van der Waals surface area (Å²) < 4.78 is 11.4. The number of hydrogen-bond donors (Lipinski definition) is 1. The molecular weight excluding hydrogens is 360 g/mol. The molecule has 2 unspecified atom stereocenters. The van der Waals surface area contributed by atoms with Gasteiger partial charge in [0.25, 0.3) is 0 Å². The molecular formula is C26H30O3. The van der Waals surface area contributed by atoms with E-state index in [1.807, 2.05) is 73.7 Å². The highest BCUT2D eigenvalue weighted by Crippen LogP contribution is 2.24. The molecule has 3 heteroatoms. The molecule has 0 amide bonds. The Bertz CT molecular complexity index is 859. The molecule has 0 fully saturated rings. The van der Waals surface area contributed by atoms with Crippen LogP contribution in [0.25, 0.3) is 0 Å². The van der Waals surface area contributed by atoms with Crippen LogP contribution in [0.4, 0.5) is 0 Å². The van der Waals surface area contributed by atoms with Gasteiger partial charge in [-0.15, -0.1) is 0 Å². The molecule has 0 spiro atoms. The Kier molecular flexibility index (Phi) is 7.71. The van der Waals surface area contributed by atoms with Crippen LogP contribution >= 0.6 is 0 Å². The first-order valence-electron chi connectivity index (χ1n) is 10.3. The minimum atomic E-state index is -0.375. The van der Waals surface area contributed by atoms with Gasteiger partial charge in [-0.2, -0.15) is 0 Å². The summed E-state index contributed by atoms with van der Waals surface area (Å²) in [6.45, 7) is 4.86. The molecule has 0 aliphatic heterocycles. The van der Waals surface area contributed by atoms with Crippen LogP contribution in [-0.2, 0) is 12.8 Å². The lowest BCUT2D eigenvalue weighted by Gasteiger charge is -2.17. The molecule has 0 aliphatic rings. The summed E-state index contributed by atoms with van der Waals surface area (Å²) in [5.41, 5.74) is 2.35. The number of hydrogen-bond acceptors (Lipinski definition) is 3. The van der Waals surface area contributed by atoms with Gasteiger partial charge >= 0.3 is 0 Å². The van der Waals surface area contributed by atoms with Crippen LogP contribution in [0.3, 0.4) is 0 Å². The van der Waals surface area contributed by atoms with Crippen molar-refractivity contribution < 1.29 is 14.6 Å². The summed E-state index contributed by atoms with van der Waals surface area (Å²) in [6.07, 6.45) is 1.96. The summed E-state index contributed by atoms with van der Waals surface area (Å²) in [5.74, 6) is 2.91. The zero-order chi connectivity index (χ0) is 20.5. The predicted octanol–water partition coefficient (Wildman–Crippen LogP) is 6.05. The molecule has 3 aromatic rings. The second-order valence-corrected chi connectivity index (χ2v) is 7.54. The Morgan fingerprint density at radius 1 is 0.759 bits per heavy atom. The summed E-state index contributed by atoms with van der Waals surface area (Å²) in [5, 5.41) is 10.6. The Morgan fingerprint density at radius 3 is 2.21 bits per heavy atom. The Balaban J connectivity index is 1.50. The standard InChI is InChI=1S/C26H30O3/c1-3-28-24-14-12-21(13-15-24)16-20(2)17-23(27)18-22-8-7-11-26(19-22)29-25-9-5-4-6-10-25/h4-15,19-20,23,27H,3,16-18H2,1-2H3. The van der Waals surface area contributed by atoms with Crippen LogP contribution in [0, 0.1) is 5.92 Å². The van der Waals surface area contributed by atoms with Gasteiger partial charge in [-0.05, 0) is 79.6 Å². The van der Waals surface area contributed by atoms with E-state index in [9.17, 15) is 5.11 Å². The van der Waals surface area contributed by atoms with Crippen molar-refractivity contribution in [3.05, 3.63) is 90.0 Å². The third-order valence-electron chi connectivity index (χ3n) is 4.84. The number of ether oxygens (including phenoxy) is 2. The van der Waals surface area contributed by atoms with Crippen molar-refractivity contribution in [3.8, 4) is 17.2 Å². The predicted molar refractivity (Wildman–Crippen MR) is 118 cm³/mol. The van der Waals surface area contributed by atoms with Gasteiger partial charge in [0.05, 0.1) is 12.7 Å². The quantitative estimate of drug-likeness (QED) is 0.458. The smallest absolute Gasteiger partial charge is 0.127 e. The highest BCUT2D eigenvalue weighted by molar-refractivity contribution is 5.34. The molecule has 0 aliphatic carbocycles. The fraction of sp³-hybridized carbons (Fsp3) is 0.308. The molecule has 1 N–H and O–H groups in total. The summed E-state index contributed by atoms with van der Waals surface area (Å²) in [6, 6.07) is 26.0. The lowest BCUT2D eigenvalue weighted by molar-refractivity contribution is 0.145. The van der Waals surface area contributed by atoms with Crippen molar-refractivity contribution >= 4 is 0 Å². The number of aliphatic hydroxyl groups is 1. The van der Waals surface area contributed by atoms with Gasteiger partial charge in [-0.25, -0.2) is 0 Å². The summed E-state index contributed by atoms with van der Waals surface area (Å²) in [4.78, 5) is 0. The van der Waals surface area contributed by atoms with E-state index in [4.69, 9.17) is 9.47 Å². The molecule has 0 saturated heterocycles. The largest absolute Gasteiger partial charge is 0.494 e. The molecule has 3 nitrogen and oxygen atoms in total. The first-order valence-corrected chi connectivity index (χ1v) is 10.3. The van der Waals surface area contributed by atoms with E-state index in [0.717, 1.165) is 35.7 Å². The maximum absolute atomic E-state index is 10.6. The van der Waals surface area contributed by atoms with Crippen LogP contribution in [0.2, 0.25) is 0 Å². The molecule has 3 aromatic carbocycles. The van der Waals surface area contributed by atoms with Crippen molar-refractivity contribution in [2.75, 3.05) is 6.61 Å². The maximum atomic E-state index is 10.6. The number of benzene rings is 3. The monoisotopic (exact) mass is 390 g/mol. The van der Waals surface area contributed by atoms with Crippen molar-refractivity contribution in [3.63, 3.8) is 0 Å². The van der Waals surface area contributed by atoms with Crippen LogP contribution in [0.5, 0.6) is 17.2 Å².